The van der Waals surface area contributed by atoms with Crippen LogP contribution >= 0.6 is 28.1 Å². The molecule has 0 radical (unpaired) electrons. The van der Waals surface area contributed by atoms with Gasteiger partial charge in [0.1, 0.15) is 12.4 Å². The Morgan fingerprint density at radius 3 is 2.58 bits per heavy atom. The molecule has 0 unspecified atom stereocenters. The van der Waals surface area contributed by atoms with Gasteiger partial charge in [0.15, 0.2) is 5.11 Å². The van der Waals surface area contributed by atoms with Gasteiger partial charge < -0.3 is 14.8 Å². The first-order valence-corrected chi connectivity index (χ1v) is 11.5. The maximum absolute atomic E-state index is 12.5. The van der Waals surface area contributed by atoms with Gasteiger partial charge >= 0.3 is 0 Å². The lowest BCUT2D eigenvalue weighted by Crippen LogP contribution is -2.48. The Labute approximate surface area is 197 Å². The summed E-state index contributed by atoms with van der Waals surface area (Å²) >= 11 is 8.81. The van der Waals surface area contributed by atoms with Crippen LogP contribution in [0.1, 0.15) is 28.8 Å². The molecular formula is C23H28BrN3O3S. The number of methoxy groups -OCH3 is 1. The Balaban J connectivity index is 1.42. The molecule has 0 bridgehead atoms. The van der Waals surface area contributed by atoms with Gasteiger partial charge in [-0.2, -0.15) is 0 Å². The highest BCUT2D eigenvalue weighted by Gasteiger charge is 2.20. The van der Waals surface area contributed by atoms with Gasteiger partial charge in [0.25, 0.3) is 5.91 Å². The van der Waals surface area contributed by atoms with Crippen LogP contribution in [0.4, 0.5) is 0 Å². The fourth-order valence-corrected chi connectivity index (χ4v) is 4.22. The van der Waals surface area contributed by atoms with Crippen LogP contribution in [0, 0.1) is 0 Å². The molecular weight excluding hydrogens is 478 g/mol. The normalized spacial score (nSPS) is 14.8. The first-order chi connectivity index (χ1) is 15.0. The summed E-state index contributed by atoms with van der Waals surface area (Å²) in [6, 6.07) is 16.0. The summed E-state index contributed by atoms with van der Waals surface area (Å²) in [5.74, 6) is 0.416. The number of hydrogen-bond donors (Lipinski definition) is 2. The Morgan fingerprint density at radius 1 is 1.16 bits per heavy atom. The van der Waals surface area contributed by atoms with Gasteiger partial charge in [-0.05, 0) is 64.8 Å². The second kappa shape index (κ2) is 12.1. The number of amides is 1. The van der Waals surface area contributed by atoms with E-state index >= 15 is 0 Å². The van der Waals surface area contributed by atoms with E-state index in [4.69, 9.17) is 21.7 Å². The number of nitrogens with zero attached hydrogens (tertiary/aromatic N) is 1. The molecule has 0 aliphatic carbocycles. The number of ether oxygens (including phenoxy) is 2. The molecule has 1 aliphatic heterocycles. The smallest absolute Gasteiger partial charge is 0.257 e. The lowest BCUT2D eigenvalue weighted by atomic mass is 10.0. The summed E-state index contributed by atoms with van der Waals surface area (Å²) in [6.07, 6.45) is 1.98. The fraction of sp³-hybridized carbons (Fsp3) is 0.391. The molecule has 2 aromatic rings. The van der Waals surface area contributed by atoms with Crippen LogP contribution in [0.25, 0.3) is 0 Å². The monoisotopic (exact) mass is 505 g/mol. The van der Waals surface area contributed by atoms with Crippen molar-refractivity contribution in [2.45, 2.75) is 25.4 Å². The van der Waals surface area contributed by atoms with Gasteiger partial charge in [0.2, 0.25) is 0 Å². The van der Waals surface area contributed by atoms with Crippen molar-refractivity contribution in [3.8, 4) is 5.75 Å². The van der Waals surface area contributed by atoms with Crippen LogP contribution in [0.15, 0.2) is 53.0 Å². The first-order valence-electron chi connectivity index (χ1n) is 10.3. The van der Waals surface area contributed by atoms with Crippen molar-refractivity contribution in [1.82, 2.24) is 15.5 Å². The number of hydrogen-bond acceptors (Lipinski definition) is 5. The number of benzene rings is 2. The number of rotatable bonds is 8. The zero-order valence-electron chi connectivity index (χ0n) is 17.6. The topological polar surface area (TPSA) is 62.8 Å². The average molecular weight is 506 g/mol. The van der Waals surface area contributed by atoms with E-state index in [1.54, 1.807) is 25.3 Å². The van der Waals surface area contributed by atoms with Crippen molar-refractivity contribution < 1.29 is 14.3 Å². The third-order valence-electron chi connectivity index (χ3n) is 5.14. The van der Waals surface area contributed by atoms with E-state index in [1.807, 2.05) is 6.07 Å². The summed E-state index contributed by atoms with van der Waals surface area (Å²) in [4.78, 5) is 15.0. The Hall–Kier alpha value is -2.00. The van der Waals surface area contributed by atoms with Crippen LogP contribution in [0.2, 0.25) is 0 Å². The summed E-state index contributed by atoms with van der Waals surface area (Å²) < 4.78 is 11.3. The maximum Gasteiger partial charge on any atom is 0.257 e. The first kappa shape index (κ1) is 23.7. The second-order valence-corrected chi connectivity index (χ2v) is 8.71. The van der Waals surface area contributed by atoms with E-state index in [0.717, 1.165) is 32.5 Å². The third kappa shape index (κ3) is 7.57. The number of thiocarbonyl (C=S) groups is 1. The molecule has 0 saturated carbocycles. The van der Waals surface area contributed by atoms with Crippen molar-refractivity contribution in [3.05, 3.63) is 64.1 Å². The quantitative estimate of drug-likeness (QED) is 0.420. The van der Waals surface area contributed by atoms with Gasteiger partial charge in [-0.3, -0.25) is 15.0 Å². The highest BCUT2D eigenvalue weighted by Crippen LogP contribution is 2.26. The van der Waals surface area contributed by atoms with Crippen molar-refractivity contribution in [2.75, 3.05) is 33.4 Å². The predicted molar refractivity (Wildman–Crippen MR) is 129 cm³/mol. The second-order valence-electron chi connectivity index (χ2n) is 7.45. The fourth-order valence-electron chi connectivity index (χ4n) is 3.47. The molecule has 2 aromatic carbocycles. The van der Waals surface area contributed by atoms with E-state index in [1.165, 1.54) is 5.56 Å². The molecule has 1 amide bonds. The average Bonchev–Trinajstić information content (AvgIpc) is 2.77. The van der Waals surface area contributed by atoms with Crippen molar-refractivity contribution in [3.63, 3.8) is 0 Å². The molecule has 1 fully saturated rings. The number of piperidine rings is 1. The summed E-state index contributed by atoms with van der Waals surface area (Å²) in [5.41, 5.74) is 1.84. The molecule has 0 aromatic heterocycles. The summed E-state index contributed by atoms with van der Waals surface area (Å²) in [6.45, 7) is 3.91. The van der Waals surface area contributed by atoms with Crippen LogP contribution in [-0.4, -0.2) is 55.4 Å². The zero-order chi connectivity index (χ0) is 22.1. The molecule has 6 nitrogen and oxygen atoms in total. The predicted octanol–water partition coefficient (Wildman–Crippen LogP) is 3.74. The Bertz CT molecular complexity index is 874. The minimum atomic E-state index is -0.247. The lowest BCUT2D eigenvalue weighted by Gasteiger charge is -2.32. The van der Waals surface area contributed by atoms with E-state index in [0.29, 0.717) is 34.1 Å². The van der Waals surface area contributed by atoms with Crippen LogP contribution in [0.3, 0.4) is 0 Å². The molecule has 8 heteroatoms. The largest absolute Gasteiger partial charge is 0.490 e. The minimum Gasteiger partial charge on any atom is -0.490 e. The summed E-state index contributed by atoms with van der Waals surface area (Å²) in [5, 5.41) is 6.43. The van der Waals surface area contributed by atoms with Gasteiger partial charge in [-0.15, -0.1) is 0 Å². The lowest BCUT2D eigenvalue weighted by molar-refractivity contribution is 0.0975. The van der Waals surface area contributed by atoms with Crippen molar-refractivity contribution in [2.24, 2.45) is 0 Å². The van der Waals surface area contributed by atoms with Crippen LogP contribution in [-0.2, 0) is 11.3 Å². The molecule has 0 atom stereocenters. The van der Waals surface area contributed by atoms with Gasteiger partial charge in [0.05, 0.1) is 11.1 Å². The van der Waals surface area contributed by atoms with Crippen molar-refractivity contribution in [1.29, 1.82) is 0 Å². The van der Waals surface area contributed by atoms with Crippen LogP contribution < -0.4 is 15.4 Å². The number of carbonyl (C=O) groups excluding carboxylic acids is 1. The van der Waals surface area contributed by atoms with Gasteiger partial charge in [0, 0.05) is 38.3 Å². The maximum atomic E-state index is 12.5. The Kier molecular flexibility index (Phi) is 9.27. The summed E-state index contributed by atoms with van der Waals surface area (Å²) in [7, 11) is 1.62. The van der Waals surface area contributed by atoms with Gasteiger partial charge in [-0.1, -0.05) is 30.3 Å². The number of carbonyl (C=O) groups is 1. The van der Waals surface area contributed by atoms with E-state index in [9.17, 15) is 4.79 Å². The van der Waals surface area contributed by atoms with E-state index in [2.05, 4.69) is 55.7 Å². The van der Waals surface area contributed by atoms with Gasteiger partial charge in [-0.25, -0.2) is 0 Å². The number of nitrogens with one attached hydrogen (secondary N) is 2. The molecule has 31 heavy (non-hydrogen) atoms. The number of halogens is 1. The third-order valence-corrected chi connectivity index (χ3v) is 5.98. The molecule has 1 saturated heterocycles. The molecule has 1 aliphatic rings. The minimum absolute atomic E-state index is 0.247. The van der Waals surface area contributed by atoms with E-state index in [-0.39, 0.29) is 11.9 Å². The molecule has 166 valence electrons. The molecule has 3 rings (SSSR count). The molecule has 0 spiro atoms. The van der Waals surface area contributed by atoms with Crippen LogP contribution in [0.5, 0.6) is 5.75 Å². The van der Waals surface area contributed by atoms with E-state index < -0.39 is 0 Å². The highest BCUT2D eigenvalue weighted by molar-refractivity contribution is 9.10. The standard InChI is InChI=1S/C23H28BrN3O3S/c1-29-13-14-30-21-8-7-18(15-20(21)24)22(28)26-23(31)25-19-9-11-27(12-10-19)16-17-5-3-2-4-6-17/h2-8,15,19H,9-14,16H2,1H3,(H2,25,26,28,31). The number of likely N-dealkylation sites (tertiary alicyclic amines) is 1. The Morgan fingerprint density at radius 2 is 1.90 bits per heavy atom. The molecule has 1 heterocycles. The highest BCUT2D eigenvalue weighted by atomic mass is 79.9. The van der Waals surface area contributed by atoms with Crippen molar-refractivity contribution >= 4 is 39.2 Å². The molecule has 2 N–H and O–H groups in total. The zero-order valence-corrected chi connectivity index (χ0v) is 20.0. The SMILES string of the molecule is COCCOc1ccc(C(=O)NC(=S)NC2CCN(Cc3ccccc3)CC2)cc1Br.